The predicted octanol–water partition coefficient (Wildman–Crippen LogP) is 10.3. The Kier molecular flexibility index (Phi) is 22.5. The summed E-state index contributed by atoms with van der Waals surface area (Å²) in [5.41, 5.74) is 8.91. The summed E-state index contributed by atoms with van der Waals surface area (Å²) in [5, 5.41) is 11.3. The summed E-state index contributed by atoms with van der Waals surface area (Å²) in [6.45, 7) is 17.7. The number of hydrogen-bond donors (Lipinski definition) is 0. The topological polar surface area (TPSA) is 217 Å². The number of pyridine rings is 2. The molecule has 0 saturated carbocycles. The average Bonchev–Trinajstić information content (AvgIpc) is 2.01. The lowest BCUT2D eigenvalue weighted by Gasteiger charge is -2.15. The summed E-state index contributed by atoms with van der Waals surface area (Å²) in [7, 11) is 1.62. The minimum absolute atomic E-state index is 0.0835. The summed E-state index contributed by atoms with van der Waals surface area (Å²) >= 11 is 7.93. The van der Waals surface area contributed by atoms with E-state index >= 15 is 0 Å². The first kappa shape index (κ1) is 62.7. The highest BCUT2D eigenvalue weighted by molar-refractivity contribution is 7.15. The minimum Gasteiger partial charge on any atom is -0.496 e. The van der Waals surface area contributed by atoms with Crippen molar-refractivity contribution in [1.29, 1.82) is 0 Å². The largest absolute Gasteiger partial charge is 0.496 e. The van der Waals surface area contributed by atoms with Gasteiger partial charge in [0.25, 0.3) is 0 Å². The summed E-state index contributed by atoms with van der Waals surface area (Å²) in [5.74, 6) is 2.78. The van der Waals surface area contributed by atoms with Crippen molar-refractivity contribution in [2.75, 3.05) is 99.6 Å². The highest BCUT2D eigenvalue weighted by Crippen LogP contribution is 2.42. The number of Topliss-reactive ketones (excluding diaryl/α,β-unsaturated/α-hetero) is 2. The van der Waals surface area contributed by atoms with E-state index in [9.17, 15) is 14.4 Å². The zero-order valence-corrected chi connectivity index (χ0v) is 51.1. The van der Waals surface area contributed by atoms with Crippen LogP contribution in [0.15, 0.2) is 87.5 Å². The number of nitrogens with zero attached hydrogens (tertiary/aromatic N) is 8. The molecule has 2 aromatic carbocycles. The monoisotopic (exact) mass is 1200 g/mol. The van der Waals surface area contributed by atoms with Gasteiger partial charge >= 0.3 is 5.69 Å². The normalized spacial score (nSPS) is 13.6. The molecule has 0 spiro atoms. The van der Waals surface area contributed by atoms with E-state index in [0.717, 1.165) is 55.7 Å². The molecule has 9 rings (SSSR count). The number of ether oxygens (including phenoxy) is 8. The first-order valence-electron chi connectivity index (χ1n) is 28.9. The molecule has 0 N–H and O–H groups in total. The van der Waals surface area contributed by atoms with Gasteiger partial charge in [-0.1, -0.05) is 29.8 Å². The molecule has 0 saturated heterocycles. The van der Waals surface area contributed by atoms with Gasteiger partial charge < -0.3 is 42.3 Å². The van der Waals surface area contributed by atoms with E-state index in [1.54, 1.807) is 41.7 Å². The van der Waals surface area contributed by atoms with Crippen LogP contribution in [0, 0.1) is 34.6 Å². The molecule has 1 aliphatic rings. The van der Waals surface area contributed by atoms with Crippen LogP contribution in [0.1, 0.15) is 101 Å². The summed E-state index contributed by atoms with van der Waals surface area (Å²) < 4.78 is 56.5. The molecular formula is C63H75ClN8O12S. The maximum atomic E-state index is 14.4. The average molecular weight is 1200 g/mol. The molecule has 8 aromatic rings. The van der Waals surface area contributed by atoms with E-state index in [1.807, 2.05) is 82.3 Å². The molecule has 20 nitrogen and oxygen atoms in total. The number of carbonyl (C=O) groups excluding carboxylic acids is 2. The van der Waals surface area contributed by atoms with Crippen molar-refractivity contribution in [2.24, 2.45) is 4.99 Å². The number of rotatable bonds is 35. The molecule has 0 radical (unpaired) electrons. The Morgan fingerprint density at radius 2 is 1.35 bits per heavy atom. The fourth-order valence-electron chi connectivity index (χ4n) is 10.5. The van der Waals surface area contributed by atoms with Crippen molar-refractivity contribution in [1.82, 2.24) is 33.9 Å². The number of aliphatic imine (C=N–C) groups is 1. The van der Waals surface area contributed by atoms with Crippen molar-refractivity contribution in [2.45, 2.75) is 92.3 Å². The predicted molar refractivity (Wildman–Crippen MR) is 325 cm³/mol. The van der Waals surface area contributed by atoms with E-state index < -0.39 is 12.1 Å². The highest BCUT2D eigenvalue weighted by Gasteiger charge is 2.33. The maximum Gasteiger partial charge on any atom is 0.330 e. The molecular weight excluding hydrogens is 1130 g/mol. The summed E-state index contributed by atoms with van der Waals surface area (Å²) in [6, 6.07) is 16.2. The number of fused-ring (bicyclic) bond motifs is 6. The number of aromatic nitrogens is 7. The van der Waals surface area contributed by atoms with E-state index in [0.29, 0.717) is 156 Å². The number of ketones is 2. The van der Waals surface area contributed by atoms with Gasteiger partial charge in [-0.3, -0.25) is 38.3 Å². The number of methoxy groups -OCH3 is 1. The Morgan fingerprint density at radius 3 is 1.93 bits per heavy atom. The fourth-order valence-corrected chi connectivity index (χ4v) is 11.8. The van der Waals surface area contributed by atoms with Gasteiger partial charge in [-0.15, -0.1) is 21.5 Å². The van der Waals surface area contributed by atoms with Crippen LogP contribution in [0.3, 0.4) is 0 Å². The van der Waals surface area contributed by atoms with Crippen molar-refractivity contribution >= 4 is 62.2 Å². The maximum absolute atomic E-state index is 14.4. The van der Waals surface area contributed by atoms with Crippen molar-refractivity contribution in [3.63, 3.8) is 0 Å². The van der Waals surface area contributed by atoms with Crippen LogP contribution in [0.2, 0.25) is 5.02 Å². The van der Waals surface area contributed by atoms with Crippen LogP contribution in [-0.2, 0) is 49.3 Å². The lowest BCUT2D eigenvalue weighted by atomic mass is 9.99. The standard InChI is InChI=1S/C63H75ClN8O12S/c1-40-39-84-43(4)57(40)51-35-53-50(36-56(51)76-7)60-55(37-66-53)70(63(75)71(60)42(3)52-14-8-9-19-65-52)38-49(74)13-11-21-78-23-25-80-27-29-82-31-33-83-32-30-81-28-26-79-24-22-77-20-10-12-48(73)34-54-61-69-68-45(6)72(61)62-58(41(2)44(5)85-62)59(67-54)46-15-17-47(64)18-16-46/h8-9,14-19,35-37,39,42,54H,10-13,20-34,38H2,1-7H3/t42-,54+/m1/s1. The van der Waals surface area contributed by atoms with E-state index in [4.69, 9.17) is 63.9 Å². The van der Waals surface area contributed by atoms with Gasteiger partial charge in [0, 0.05) is 76.2 Å². The number of imidazole rings is 1. The first-order valence-corrected chi connectivity index (χ1v) is 30.0. The van der Waals surface area contributed by atoms with E-state index in [1.165, 1.54) is 9.44 Å². The smallest absolute Gasteiger partial charge is 0.330 e. The van der Waals surface area contributed by atoms with Crippen LogP contribution in [0.5, 0.6) is 5.75 Å². The molecule has 0 unspecified atom stereocenters. The Morgan fingerprint density at radius 1 is 0.741 bits per heavy atom. The molecule has 2 atom stereocenters. The SMILES string of the molecule is COc1cc2c(cc1-c1c(C)coc1C)ncc1c2n([C@H](C)c2ccccn2)c(=O)n1CC(=O)CCCOCCOCCOCCOCCOCCOCCOCCCC(=O)C[C@@H]1N=C(c2ccc(Cl)cc2)c2c(sc(C)c2C)-n2c(C)nnc21. The molecule has 1 aliphatic heterocycles. The third-order valence-corrected chi connectivity index (χ3v) is 16.3. The van der Waals surface area contributed by atoms with Crippen LogP contribution < -0.4 is 10.4 Å². The van der Waals surface area contributed by atoms with Crippen LogP contribution in [0.25, 0.3) is 38.1 Å². The van der Waals surface area contributed by atoms with Gasteiger partial charge in [-0.25, -0.2) is 4.79 Å². The molecule has 0 fully saturated rings. The van der Waals surface area contributed by atoms with Crippen molar-refractivity contribution in [3.8, 4) is 21.9 Å². The molecule has 85 heavy (non-hydrogen) atoms. The van der Waals surface area contributed by atoms with Gasteiger partial charge in [-0.2, -0.15) is 0 Å². The number of thiophene rings is 1. The first-order chi connectivity index (χ1) is 41.3. The zero-order valence-electron chi connectivity index (χ0n) is 49.5. The van der Waals surface area contributed by atoms with Gasteiger partial charge in [-0.05, 0) is 102 Å². The number of furan rings is 1. The second-order valence-corrected chi connectivity index (χ2v) is 22.4. The number of hydrogen-bond acceptors (Lipinski definition) is 18. The Hall–Kier alpha value is -6.79. The number of carbonyl (C=O) groups is 2. The summed E-state index contributed by atoms with van der Waals surface area (Å²) in [4.78, 5) is 56.9. The lowest BCUT2D eigenvalue weighted by molar-refractivity contribution is -0.120. The van der Waals surface area contributed by atoms with Gasteiger partial charge in [0.1, 0.15) is 34.2 Å². The Bertz CT molecular complexity index is 3610. The zero-order chi connectivity index (χ0) is 59.8. The summed E-state index contributed by atoms with van der Waals surface area (Å²) in [6.07, 6.45) is 6.97. The molecule has 6 aromatic heterocycles. The van der Waals surface area contributed by atoms with Gasteiger partial charge in [0.15, 0.2) is 11.6 Å². The quantitative estimate of drug-likeness (QED) is 0.0338. The molecule has 0 aliphatic carbocycles. The van der Waals surface area contributed by atoms with E-state index in [2.05, 4.69) is 33.6 Å². The van der Waals surface area contributed by atoms with Crippen LogP contribution >= 0.6 is 22.9 Å². The molecule has 0 amide bonds. The second-order valence-electron chi connectivity index (χ2n) is 20.8. The molecule has 0 bridgehead atoms. The number of halogens is 1. The molecule has 452 valence electrons. The number of aryl methyl sites for hydroxylation is 4. The Balaban J connectivity index is 0.584. The number of benzene rings is 2. The van der Waals surface area contributed by atoms with Gasteiger partial charge in [0.2, 0.25) is 0 Å². The molecule has 22 heteroatoms. The van der Waals surface area contributed by atoms with E-state index in [-0.39, 0.29) is 36.6 Å². The second kappa shape index (κ2) is 30.5. The third-order valence-electron chi connectivity index (χ3n) is 14.9. The lowest BCUT2D eigenvalue weighted by Crippen LogP contribution is -2.29. The van der Waals surface area contributed by atoms with Crippen LogP contribution in [-0.4, -0.2) is 151 Å². The fraction of sp³-hybridized carbons (Fsp3) is 0.460. The third kappa shape index (κ3) is 15.4. The molecule has 7 heterocycles. The Labute approximate surface area is 503 Å². The minimum atomic E-state index is -0.488. The van der Waals surface area contributed by atoms with Crippen LogP contribution in [0.4, 0.5) is 0 Å². The highest BCUT2D eigenvalue weighted by atomic mass is 35.5. The van der Waals surface area contributed by atoms with Crippen molar-refractivity contribution in [3.05, 3.63) is 139 Å². The van der Waals surface area contributed by atoms with Gasteiger partial charge in [0.05, 0.1) is 139 Å². The van der Waals surface area contributed by atoms with Crippen molar-refractivity contribution < 1.29 is 51.9 Å².